The van der Waals surface area contributed by atoms with Crippen molar-refractivity contribution >= 4 is 22.9 Å². The molecule has 3 aromatic heterocycles. The molecule has 0 aliphatic carbocycles. The van der Waals surface area contributed by atoms with Gasteiger partial charge in [0.05, 0.1) is 24.1 Å². The monoisotopic (exact) mass is 350 g/mol. The molecule has 0 aliphatic rings. The van der Waals surface area contributed by atoms with Crippen LogP contribution in [0.25, 0.3) is 16.5 Å². The molecule has 3 heterocycles. The van der Waals surface area contributed by atoms with E-state index < -0.39 is 0 Å². The van der Waals surface area contributed by atoms with Gasteiger partial charge in [-0.1, -0.05) is 0 Å². The van der Waals surface area contributed by atoms with Gasteiger partial charge in [-0.3, -0.25) is 4.79 Å². The van der Waals surface area contributed by atoms with Crippen molar-refractivity contribution in [3.8, 4) is 16.5 Å². The van der Waals surface area contributed by atoms with Crippen LogP contribution >= 0.6 is 11.3 Å². The number of benzene rings is 1. The molecular formula is C18H14N4O2S. The normalized spacial score (nSPS) is 10.7. The van der Waals surface area contributed by atoms with Crippen molar-refractivity contribution in [1.82, 2.24) is 14.8 Å². The molecule has 0 fully saturated rings. The van der Waals surface area contributed by atoms with Crippen LogP contribution in [-0.4, -0.2) is 20.7 Å². The molecule has 7 heteroatoms. The standard InChI is InChI=1S/C18H14N4O2S/c23-17(11-14-12-25-18(21-14)16-3-1-10-24-16)20-13-4-6-15(7-5-13)22-9-2-8-19-22/h1-10,12H,11H2,(H,20,23). The summed E-state index contributed by atoms with van der Waals surface area (Å²) in [5.74, 6) is 0.606. The quantitative estimate of drug-likeness (QED) is 0.595. The van der Waals surface area contributed by atoms with Crippen molar-refractivity contribution in [2.24, 2.45) is 0 Å². The summed E-state index contributed by atoms with van der Waals surface area (Å²) >= 11 is 1.46. The number of anilines is 1. The van der Waals surface area contributed by atoms with Crippen molar-refractivity contribution in [2.45, 2.75) is 6.42 Å². The summed E-state index contributed by atoms with van der Waals surface area (Å²) in [7, 11) is 0. The SMILES string of the molecule is O=C(Cc1csc(-c2ccco2)n1)Nc1ccc(-n2cccn2)cc1. The molecule has 0 radical (unpaired) electrons. The average molecular weight is 350 g/mol. The van der Waals surface area contributed by atoms with E-state index in [-0.39, 0.29) is 12.3 Å². The van der Waals surface area contributed by atoms with Gasteiger partial charge >= 0.3 is 0 Å². The van der Waals surface area contributed by atoms with Crippen LogP contribution in [0.4, 0.5) is 5.69 Å². The number of rotatable bonds is 5. The Bertz CT molecular complexity index is 957. The highest BCUT2D eigenvalue weighted by molar-refractivity contribution is 7.13. The van der Waals surface area contributed by atoms with Gasteiger partial charge in [-0.25, -0.2) is 9.67 Å². The summed E-state index contributed by atoms with van der Waals surface area (Å²) in [6, 6.07) is 13.0. The predicted molar refractivity (Wildman–Crippen MR) is 95.7 cm³/mol. The molecule has 4 aromatic rings. The lowest BCUT2D eigenvalue weighted by atomic mass is 10.2. The number of nitrogens with one attached hydrogen (secondary N) is 1. The van der Waals surface area contributed by atoms with Gasteiger partial charge < -0.3 is 9.73 Å². The van der Waals surface area contributed by atoms with Crippen LogP contribution in [0, 0.1) is 0 Å². The molecule has 25 heavy (non-hydrogen) atoms. The highest BCUT2D eigenvalue weighted by atomic mass is 32.1. The second-order valence-corrected chi connectivity index (χ2v) is 6.20. The summed E-state index contributed by atoms with van der Waals surface area (Å²) in [4.78, 5) is 16.6. The van der Waals surface area contributed by atoms with Crippen molar-refractivity contribution in [3.63, 3.8) is 0 Å². The Morgan fingerprint density at radius 3 is 2.80 bits per heavy atom. The molecule has 1 aromatic carbocycles. The maximum atomic E-state index is 12.2. The molecule has 4 rings (SSSR count). The van der Waals surface area contributed by atoms with E-state index in [1.807, 2.05) is 54.0 Å². The van der Waals surface area contributed by atoms with E-state index >= 15 is 0 Å². The first-order valence-electron chi connectivity index (χ1n) is 7.66. The van der Waals surface area contributed by atoms with E-state index in [0.29, 0.717) is 5.76 Å². The fourth-order valence-electron chi connectivity index (χ4n) is 2.39. The summed E-state index contributed by atoms with van der Waals surface area (Å²) < 4.78 is 7.08. The maximum Gasteiger partial charge on any atom is 0.230 e. The lowest BCUT2D eigenvalue weighted by molar-refractivity contribution is -0.115. The maximum absolute atomic E-state index is 12.2. The smallest absolute Gasteiger partial charge is 0.230 e. The summed E-state index contributed by atoms with van der Waals surface area (Å²) in [5.41, 5.74) is 2.40. The predicted octanol–water partition coefficient (Wildman–Crippen LogP) is 3.77. The zero-order valence-corrected chi connectivity index (χ0v) is 13.9. The van der Waals surface area contributed by atoms with E-state index in [2.05, 4.69) is 15.4 Å². The zero-order chi connectivity index (χ0) is 17.1. The number of nitrogens with zero attached hydrogens (tertiary/aromatic N) is 3. The number of thiazole rings is 1. The molecule has 0 bridgehead atoms. The number of carbonyl (C=O) groups is 1. The Morgan fingerprint density at radius 2 is 2.08 bits per heavy atom. The van der Waals surface area contributed by atoms with Crippen LogP contribution in [0.5, 0.6) is 0 Å². The largest absolute Gasteiger partial charge is 0.462 e. The Balaban J connectivity index is 1.39. The molecule has 0 aliphatic heterocycles. The number of amides is 1. The van der Waals surface area contributed by atoms with Gasteiger partial charge in [0.15, 0.2) is 10.8 Å². The van der Waals surface area contributed by atoms with Crippen molar-refractivity contribution in [1.29, 1.82) is 0 Å². The minimum Gasteiger partial charge on any atom is -0.462 e. The second-order valence-electron chi connectivity index (χ2n) is 5.34. The molecule has 0 saturated carbocycles. The molecule has 0 unspecified atom stereocenters. The third kappa shape index (κ3) is 3.51. The van der Waals surface area contributed by atoms with E-state index in [1.54, 1.807) is 17.1 Å². The van der Waals surface area contributed by atoms with E-state index in [4.69, 9.17) is 4.42 Å². The zero-order valence-electron chi connectivity index (χ0n) is 13.1. The third-order valence-electron chi connectivity index (χ3n) is 3.55. The Hall–Kier alpha value is -3.19. The van der Waals surface area contributed by atoms with Crippen molar-refractivity contribution in [2.75, 3.05) is 5.32 Å². The van der Waals surface area contributed by atoms with Crippen LogP contribution in [-0.2, 0) is 11.2 Å². The van der Waals surface area contributed by atoms with Crippen molar-refractivity contribution in [3.05, 3.63) is 72.2 Å². The first-order chi connectivity index (χ1) is 12.3. The van der Waals surface area contributed by atoms with Crippen LogP contribution < -0.4 is 5.32 Å². The molecule has 0 saturated heterocycles. The first-order valence-corrected chi connectivity index (χ1v) is 8.54. The fourth-order valence-corrected chi connectivity index (χ4v) is 3.18. The van der Waals surface area contributed by atoms with Gasteiger partial charge in [0.25, 0.3) is 0 Å². The minimum atomic E-state index is -0.108. The Labute approximate surface area is 147 Å². The number of aromatic nitrogens is 3. The van der Waals surface area contributed by atoms with Gasteiger partial charge in [0, 0.05) is 23.5 Å². The van der Waals surface area contributed by atoms with Gasteiger partial charge in [-0.2, -0.15) is 5.10 Å². The lowest BCUT2D eigenvalue weighted by Gasteiger charge is -2.06. The van der Waals surface area contributed by atoms with Gasteiger partial charge in [0.1, 0.15) is 0 Å². The van der Waals surface area contributed by atoms with E-state index in [9.17, 15) is 4.79 Å². The minimum absolute atomic E-state index is 0.108. The van der Waals surface area contributed by atoms with E-state index in [1.165, 1.54) is 11.3 Å². The molecule has 0 atom stereocenters. The number of hydrogen-bond acceptors (Lipinski definition) is 5. The molecule has 6 nitrogen and oxygen atoms in total. The molecular weight excluding hydrogens is 336 g/mol. The average Bonchev–Trinajstić information content (AvgIpc) is 3.37. The molecule has 1 N–H and O–H groups in total. The van der Waals surface area contributed by atoms with Gasteiger partial charge in [-0.15, -0.1) is 11.3 Å². The van der Waals surface area contributed by atoms with E-state index in [0.717, 1.165) is 22.1 Å². The van der Waals surface area contributed by atoms with Gasteiger partial charge in [0.2, 0.25) is 5.91 Å². The summed E-state index contributed by atoms with van der Waals surface area (Å²) in [5, 5.41) is 9.70. The second kappa shape index (κ2) is 6.74. The third-order valence-corrected chi connectivity index (χ3v) is 4.45. The summed E-state index contributed by atoms with van der Waals surface area (Å²) in [6.45, 7) is 0. The Morgan fingerprint density at radius 1 is 1.20 bits per heavy atom. The molecule has 0 spiro atoms. The number of furan rings is 1. The lowest BCUT2D eigenvalue weighted by Crippen LogP contribution is -2.14. The summed E-state index contributed by atoms with van der Waals surface area (Å²) in [6.07, 6.45) is 5.42. The van der Waals surface area contributed by atoms with Crippen LogP contribution in [0.15, 0.2) is 70.9 Å². The number of hydrogen-bond donors (Lipinski definition) is 1. The topological polar surface area (TPSA) is 73.0 Å². The highest BCUT2D eigenvalue weighted by Crippen LogP contribution is 2.24. The Kier molecular flexibility index (Phi) is 4.14. The molecule has 124 valence electrons. The van der Waals surface area contributed by atoms with Gasteiger partial charge in [-0.05, 0) is 42.5 Å². The van der Waals surface area contributed by atoms with Crippen LogP contribution in [0.1, 0.15) is 5.69 Å². The fraction of sp³-hybridized carbons (Fsp3) is 0.0556. The van der Waals surface area contributed by atoms with Crippen LogP contribution in [0.3, 0.4) is 0 Å². The number of carbonyl (C=O) groups excluding carboxylic acids is 1. The molecule has 1 amide bonds. The van der Waals surface area contributed by atoms with Crippen LogP contribution in [0.2, 0.25) is 0 Å². The highest BCUT2D eigenvalue weighted by Gasteiger charge is 2.11. The van der Waals surface area contributed by atoms with Crippen molar-refractivity contribution < 1.29 is 9.21 Å². The first kappa shape index (κ1) is 15.3.